The first-order valence-electron chi connectivity index (χ1n) is 7.83. The molecule has 0 aromatic carbocycles. The van der Waals surface area contributed by atoms with Crippen LogP contribution in [0.25, 0.3) is 0 Å². The van der Waals surface area contributed by atoms with Gasteiger partial charge in [0, 0.05) is 24.9 Å². The molecule has 1 aliphatic heterocycles. The van der Waals surface area contributed by atoms with Crippen molar-refractivity contribution in [2.75, 3.05) is 19.7 Å². The largest absolute Gasteiger partial charge is 0.371 e. The molecule has 1 spiro atoms. The summed E-state index contributed by atoms with van der Waals surface area (Å²) in [5.41, 5.74) is 5.24. The quantitative estimate of drug-likeness (QED) is 0.822. The van der Waals surface area contributed by atoms with Gasteiger partial charge >= 0.3 is 0 Å². The topological polar surface area (TPSA) is 72.6 Å². The van der Waals surface area contributed by atoms with Crippen molar-refractivity contribution < 1.29 is 14.3 Å². The van der Waals surface area contributed by atoms with Crippen LogP contribution < -0.4 is 5.73 Å². The SMILES string of the molecule is NC(=O)C1CCC1C(=O)N1CCOC2(CCCCC2)C1. The highest BCUT2D eigenvalue weighted by molar-refractivity contribution is 5.88. The average molecular weight is 280 g/mol. The van der Waals surface area contributed by atoms with Crippen LogP contribution in [-0.4, -0.2) is 42.0 Å². The first kappa shape index (κ1) is 13.9. The molecule has 2 N–H and O–H groups in total. The molecule has 1 saturated heterocycles. The van der Waals surface area contributed by atoms with Crippen LogP contribution in [0.15, 0.2) is 0 Å². The van der Waals surface area contributed by atoms with Gasteiger partial charge in [0.25, 0.3) is 0 Å². The van der Waals surface area contributed by atoms with Crippen LogP contribution in [0, 0.1) is 11.8 Å². The highest BCUT2D eigenvalue weighted by Crippen LogP contribution is 2.38. The van der Waals surface area contributed by atoms with Crippen LogP contribution in [0.3, 0.4) is 0 Å². The summed E-state index contributed by atoms with van der Waals surface area (Å²) in [6.07, 6.45) is 7.33. The van der Waals surface area contributed by atoms with Crippen LogP contribution in [0.2, 0.25) is 0 Å². The molecule has 112 valence electrons. The fourth-order valence-corrected chi connectivity index (χ4v) is 3.90. The molecular formula is C15H24N2O3. The highest BCUT2D eigenvalue weighted by atomic mass is 16.5. The molecule has 2 unspecified atom stereocenters. The Hall–Kier alpha value is -1.10. The van der Waals surface area contributed by atoms with E-state index in [1.54, 1.807) is 0 Å². The number of amides is 2. The third kappa shape index (κ3) is 2.43. The first-order valence-corrected chi connectivity index (χ1v) is 7.83. The Labute approximate surface area is 119 Å². The number of hydrogen-bond donors (Lipinski definition) is 1. The van der Waals surface area contributed by atoms with Crippen LogP contribution in [0.4, 0.5) is 0 Å². The van der Waals surface area contributed by atoms with Crippen LogP contribution >= 0.6 is 0 Å². The molecule has 5 heteroatoms. The van der Waals surface area contributed by atoms with E-state index in [2.05, 4.69) is 0 Å². The predicted molar refractivity (Wildman–Crippen MR) is 73.8 cm³/mol. The Morgan fingerprint density at radius 3 is 2.40 bits per heavy atom. The average Bonchev–Trinajstić information content (AvgIpc) is 2.37. The van der Waals surface area contributed by atoms with E-state index in [9.17, 15) is 9.59 Å². The van der Waals surface area contributed by atoms with Gasteiger partial charge in [0.2, 0.25) is 11.8 Å². The van der Waals surface area contributed by atoms with E-state index in [1.807, 2.05) is 4.90 Å². The second kappa shape index (κ2) is 5.35. The molecule has 2 atom stereocenters. The van der Waals surface area contributed by atoms with Gasteiger partial charge in [0.1, 0.15) is 0 Å². The number of morpholine rings is 1. The summed E-state index contributed by atoms with van der Waals surface area (Å²) in [4.78, 5) is 25.8. The molecule has 3 aliphatic rings. The number of carbonyl (C=O) groups is 2. The van der Waals surface area contributed by atoms with Crippen molar-refractivity contribution in [2.45, 2.75) is 50.5 Å². The summed E-state index contributed by atoms with van der Waals surface area (Å²) in [7, 11) is 0. The number of primary amides is 1. The fourth-order valence-electron chi connectivity index (χ4n) is 3.90. The molecule has 5 nitrogen and oxygen atoms in total. The number of carbonyl (C=O) groups excluding carboxylic acids is 2. The molecule has 1 heterocycles. The minimum absolute atomic E-state index is 0.113. The first-order chi connectivity index (χ1) is 9.61. The van der Waals surface area contributed by atoms with Gasteiger partial charge in [0.05, 0.1) is 12.2 Å². The van der Waals surface area contributed by atoms with Crippen molar-refractivity contribution in [1.82, 2.24) is 4.90 Å². The van der Waals surface area contributed by atoms with E-state index in [0.29, 0.717) is 19.7 Å². The Bertz CT molecular complexity index is 398. The molecule has 0 bridgehead atoms. The van der Waals surface area contributed by atoms with Crippen molar-refractivity contribution in [1.29, 1.82) is 0 Å². The van der Waals surface area contributed by atoms with Crippen molar-refractivity contribution >= 4 is 11.8 Å². The molecule has 0 radical (unpaired) electrons. The van der Waals surface area contributed by atoms with Crippen molar-refractivity contribution in [3.05, 3.63) is 0 Å². The van der Waals surface area contributed by atoms with Gasteiger partial charge in [-0.05, 0) is 25.7 Å². The lowest BCUT2D eigenvalue weighted by atomic mass is 9.72. The number of nitrogens with zero attached hydrogens (tertiary/aromatic N) is 1. The molecule has 3 fully saturated rings. The lowest BCUT2D eigenvalue weighted by Crippen LogP contribution is -2.57. The van der Waals surface area contributed by atoms with Gasteiger partial charge in [-0.25, -0.2) is 0 Å². The van der Waals surface area contributed by atoms with E-state index in [4.69, 9.17) is 10.5 Å². The molecule has 20 heavy (non-hydrogen) atoms. The van der Waals surface area contributed by atoms with E-state index < -0.39 is 0 Å². The summed E-state index contributed by atoms with van der Waals surface area (Å²) < 4.78 is 6.01. The molecule has 3 rings (SSSR count). The minimum Gasteiger partial charge on any atom is -0.371 e. The molecule has 2 aliphatic carbocycles. The fraction of sp³-hybridized carbons (Fsp3) is 0.867. The van der Waals surface area contributed by atoms with Crippen molar-refractivity contribution in [3.8, 4) is 0 Å². The van der Waals surface area contributed by atoms with Crippen molar-refractivity contribution in [2.24, 2.45) is 17.6 Å². The van der Waals surface area contributed by atoms with Gasteiger partial charge in [-0.15, -0.1) is 0 Å². The maximum atomic E-state index is 12.6. The number of ether oxygens (including phenoxy) is 1. The highest BCUT2D eigenvalue weighted by Gasteiger charge is 2.45. The van der Waals surface area contributed by atoms with E-state index in [0.717, 1.165) is 25.7 Å². The predicted octanol–water partition coefficient (Wildman–Crippen LogP) is 1.06. The Balaban J connectivity index is 1.64. The van der Waals surface area contributed by atoms with Crippen LogP contribution in [0.5, 0.6) is 0 Å². The maximum Gasteiger partial charge on any atom is 0.226 e. The zero-order chi connectivity index (χ0) is 14.2. The summed E-state index contributed by atoms with van der Waals surface area (Å²) in [6.45, 7) is 1.98. The number of hydrogen-bond acceptors (Lipinski definition) is 3. The zero-order valence-electron chi connectivity index (χ0n) is 12.0. The summed E-state index contributed by atoms with van der Waals surface area (Å²) >= 11 is 0. The van der Waals surface area contributed by atoms with E-state index in [-0.39, 0.29) is 29.3 Å². The summed E-state index contributed by atoms with van der Waals surface area (Å²) in [6, 6.07) is 0. The van der Waals surface area contributed by atoms with Crippen LogP contribution in [0.1, 0.15) is 44.9 Å². The molecule has 0 aromatic heterocycles. The third-order valence-electron chi connectivity index (χ3n) is 5.28. The Morgan fingerprint density at radius 2 is 1.80 bits per heavy atom. The van der Waals surface area contributed by atoms with E-state index in [1.165, 1.54) is 19.3 Å². The molecule has 0 aromatic rings. The normalized spacial score (nSPS) is 32.7. The molecule has 2 amide bonds. The number of rotatable bonds is 2. The monoisotopic (exact) mass is 280 g/mol. The van der Waals surface area contributed by atoms with Gasteiger partial charge in [-0.1, -0.05) is 19.3 Å². The zero-order valence-corrected chi connectivity index (χ0v) is 12.0. The smallest absolute Gasteiger partial charge is 0.226 e. The maximum absolute atomic E-state index is 12.6. The second-order valence-corrected chi connectivity index (χ2v) is 6.54. The minimum atomic E-state index is -0.324. The molecular weight excluding hydrogens is 256 g/mol. The third-order valence-corrected chi connectivity index (χ3v) is 5.28. The van der Waals surface area contributed by atoms with Gasteiger partial charge in [-0.3, -0.25) is 9.59 Å². The van der Waals surface area contributed by atoms with Gasteiger partial charge in [0.15, 0.2) is 0 Å². The van der Waals surface area contributed by atoms with Crippen LogP contribution in [-0.2, 0) is 14.3 Å². The second-order valence-electron chi connectivity index (χ2n) is 6.54. The summed E-state index contributed by atoms with van der Waals surface area (Å²) in [5.74, 6) is -0.623. The van der Waals surface area contributed by atoms with Crippen molar-refractivity contribution in [3.63, 3.8) is 0 Å². The lowest BCUT2D eigenvalue weighted by molar-refractivity contribution is -0.165. The number of nitrogens with two attached hydrogens (primary N) is 1. The van der Waals surface area contributed by atoms with Gasteiger partial charge in [-0.2, -0.15) is 0 Å². The summed E-state index contributed by atoms with van der Waals surface area (Å²) in [5, 5.41) is 0. The Kier molecular flexibility index (Phi) is 3.71. The van der Waals surface area contributed by atoms with Gasteiger partial charge < -0.3 is 15.4 Å². The Morgan fingerprint density at radius 1 is 1.10 bits per heavy atom. The standard InChI is InChI=1S/C15H24N2O3/c16-13(18)11-4-5-12(11)14(19)17-8-9-20-15(10-17)6-2-1-3-7-15/h11-12H,1-10H2,(H2,16,18). The lowest BCUT2D eigenvalue weighted by Gasteiger charge is -2.47. The molecule has 2 saturated carbocycles. The van der Waals surface area contributed by atoms with E-state index >= 15 is 0 Å².